The molecule has 0 spiro atoms. The molecule has 0 aliphatic carbocycles. The van der Waals surface area contributed by atoms with Gasteiger partial charge in [0.25, 0.3) is 0 Å². The molecule has 3 nitrogen and oxygen atoms in total. The molecule has 0 amide bonds. The van der Waals surface area contributed by atoms with E-state index in [1.165, 1.54) is 0 Å². The highest BCUT2D eigenvalue weighted by Gasteiger charge is 2.09. The average molecular weight is 291 g/mol. The SMILES string of the molecule is CNCc1cc(Oc2ccccc2Cl)nc(C(C)C)c1. The normalized spacial score (nSPS) is 10.8. The van der Waals surface area contributed by atoms with Gasteiger partial charge < -0.3 is 10.1 Å². The number of nitrogens with one attached hydrogen (secondary N) is 1. The van der Waals surface area contributed by atoms with Gasteiger partial charge in [0.15, 0.2) is 0 Å². The Kier molecular flexibility index (Phi) is 4.99. The number of halogens is 1. The smallest absolute Gasteiger partial charge is 0.219 e. The molecule has 1 aromatic heterocycles. The second-order valence-corrected chi connectivity index (χ2v) is 5.36. The van der Waals surface area contributed by atoms with Crippen molar-refractivity contribution in [3.05, 3.63) is 52.7 Å². The second kappa shape index (κ2) is 6.73. The zero-order chi connectivity index (χ0) is 14.5. The van der Waals surface area contributed by atoms with Crippen molar-refractivity contribution in [2.45, 2.75) is 26.3 Å². The van der Waals surface area contributed by atoms with Crippen LogP contribution < -0.4 is 10.1 Å². The van der Waals surface area contributed by atoms with Crippen LogP contribution in [0.2, 0.25) is 5.02 Å². The van der Waals surface area contributed by atoms with Gasteiger partial charge in [-0.25, -0.2) is 4.98 Å². The van der Waals surface area contributed by atoms with Gasteiger partial charge in [-0.1, -0.05) is 37.6 Å². The summed E-state index contributed by atoms with van der Waals surface area (Å²) in [7, 11) is 1.92. The van der Waals surface area contributed by atoms with Crippen molar-refractivity contribution in [3.8, 4) is 11.6 Å². The van der Waals surface area contributed by atoms with Crippen LogP contribution in [0.1, 0.15) is 31.0 Å². The molecule has 0 unspecified atom stereocenters. The standard InChI is InChI=1S/C16H19ClN2O/c1-11(2)14-8-12(10-18-3)9-16(19-14)20-15-7-5-4-6-13(15)17/h4-9,11,18H,10H2,1-3H3. The van der Waals surface area contributed by atoms with Crippen LogP contribution in [-0.2, 0) is 6.54 Å². The number of aromatic nitrogens is 1. The van der Waals surface area contributed by atoms with Crippen LogP contribution >= 0.6 is 11.6 Å². The highest BCUT2D eigenvalue weighted by Crippen LogP contribution is 2.29. The Bertz CT molecular complexity index is 584. The summed E-state index contributed by atoms with van der Waals surface area (Å²) in [4.78, 5) is 4.54. The van der Waals surface area contributed by atoms with E-state index in [-0.39, 0.29) is 0 Å². The Hall–Kier alpha value is -1.58. The third-order valence-electron chi connectivity index (χ3n) is 2.91. The van der Waals surface area contributed by atoms with E-state index in [0.29, 0.717) is 22.6 Å². The van der Waals surface area contributed by atoms with E-state index in [9.17, 15) is 0 Å². The summed E-state index contributed by atoms with van der Waals surface area (Å²) in [6, 6.07) is 11.4. The topological polar surface area (TPSA) is 34.1 Å². The number of hydrogen-bond donors (Lipinski definition) is 1. The van der Waals surface area contributed by atoms with Gasteiger partial charge in [-0.2, -0.15) is 0 Å². The number of hydrogen-bond acceptors (Lipinski definition) is 3. The molecule has 1 N–H and O–H groups in total. The molecule has 0 atom stereocenters. The summed E-state index contributed by atoms with van der Waals surface area (Å²) in [5, 5.41) is 3.73. The van der Waals surface area contributed by atoms with Gasteiger partial charge in [0.05, 0.1) is 5.02 Å². The zero-order valence-corrected chi connectivity index (χ0v) is 12.7. The molecule has 1 aromatic carbocycles. The summed E-state index contributed by atoms with van der Waals surface area (Å²) in [5.74, 6) is 1.55. The molecule has 106 valence electrons. The lowest BCUT2D eigenvalue weighted by Crippen LogP contribution is -2.07. The second-order valence-electron chi connectivity index (χ2n) is 4.96. The van der Waals surface area contributed by atoms with Crippen LogP contribution in [0, 0.1) is 0 Å². The van der Waals surface area contributed by atoms with Crippen molar-refractivity contribution in [3.63, 3.8) is 0 Å². The number of benzene rings is 1. The summed E-state index contributed by atoms with van der Waals surface area (Å²) >= 11 is 6.11. The van der Waals surface area contributed by atoms with Crippen molar-refractivity contribution >= 4 is 11.6 Å². The molecule has 0 aliphatic rings. The lowest BCUT2D eigenvalue weighted by Gasteiger charge is -2.12. The molecule has 4 heteroatoms. The van der Waals surface area contributed by atoms with Gasteiger partial charge >= 0.3 is 0 Å². The third kappa shape index (κ3) is 3.71. The third-order valence-corrected chi connectivity index (χ3v) is 3.22. The fourth-order valence-electron chi connectivity index (χ4n) is 1.88. The predicted octanol–water partition coefficient (Wildman–Crippen LogP) is 4.37. The molecule has 0 bridgehead atoms. The highest BCUT2D eigenvalue weighted by atomic mass is 35.5. The minimum Gasteiger partial charge on any atom is -0.437 e. The summed E-state index contributed by atoms with van der Waals surface area (Å²) in [6.45, 7) is 5.01. The molecule has 0 fully saturated rings. The summed E-state index contributed by atoms with van der Waals surface area (Å²) in [5.41, 5.74) is 2.16. The van der Waals surface area contributed by atoms with Gasteiger partial charge in [0, 0.05) is 18.3 Å². The zero-order valence-electron chi connectivity index (χ0n) is 12.0. The minimum atomic E-state index is 0.348. The van der Waals surface area contributed by atoms with Gasteiger partial charge in [-0.3, -0.25) is 0 Å². The van der Waals surface area contributed by atoms with Gasteiger partial charge in [0.1, 0.15) is 5.75 Å². The van der Waals surface area contributed by atoms with Crippen molar-refractivity contribution in [2.75, 3.05) is 7.05 Å². The molecule has 0 radical (unpaired) electrons. The highest BCUT2D eigenvalue weighted by molar-refractivity contribution is 6.32. The fourth-order valence-corrected chi connectivity index (χ4v) is 2.05. The Labute approximate surface area is 124 Å². The first-order chi connectivity index (χ1) is 9.60. The van der Waals surface area contributed by atoms with Crippen molar-refractivity contribution < 1.29 is 4.74 Å². The van der Waals surface area contributed by atoms with Crippen LogP contribution in [0.25, 0.3) is 0 Å². The molecule has 0 saturated carbocycles. The largest absolute Gasteiger partial charge is 0.437 e. The number of ether oxygens (including phenoxy) is 1. The first kappa shape index (κ1) is 14.8. The minimum absolute atomic E-state index is 0.348. The van der Waals surface area contributed by atoms with Crippen LogP contribution in [-0.4, -0.2) is 12.0 Å². The fraction of sp³-hybridized carbons (Fsp3) is 0.312. The molecule has 1 heterocycles. The van der Waals surface area contributed by atoms with Crippen molar-refractivity contribution in [2.24, 2.45) is 0 Å². The van der Waals surface area contributed by atoms with Crippen LogP contribution in [0.15, 0.2) is 36.4 Å². The number of rotatable bonds is 5. The van der Waals surface area contributed by atoms with E-state index in [1.807, 2.05) is 31.3 Å². The maximum Gasteiger partial charge on any atom is 0.219 e. The molecular weight excluding hydrogens is 272 g/mol. The first-order valence-electron chi connectivity index (χ1n) is 6.68. The molecule has 0 aliphatic heterocycles. The summed E-state index contributed by atoms with van der Waals surface area (Å²) in [6.07, 6.45) is 0. The first-order valence-corrected chi connectivity index (χ1v) is 7.05. The van der Waals surface area contributed by atoms with E-state index < -0.39 is 0 Å². The molecule has 2 rings (SSSR count). The quantitative estimate of drug-likeness (QED) is 0.888. The number of nitrogens with zero attached hydrogens (tertiary/aromatic N) is 1. The molecule has 20 heavy (non-hydrogen) atoms. The lowest BCUT2D eigenvalue weighted by molar-refractivity contribution is 0.458. The Morgan fingerprint density at radius 1 is 1.25 bits per heavy atom. The summed E-state index contributed by atoms with van der Waals surface area (Å²) < 4.78 is 5.82. The van der Waals surface area contributed by atoms with E-state index in [1.54, 1.807) is 6.07 Å². The predicted molar refractivity (Wildman–Crippen MR) is 82.6 cm³/mol. The average Bonchev–Trinajstić information content (AvgIpc) is 2.41. The van der Waals surface area contributed by atoms with E-state index >= 15 is 0 Å². The van der Waals surface area contributed by atoms with E-state index in [0.717, 1.165) is 17.8 Å². The Morgan fingerprint density at radius 2 is 2.00 bits per heavy atom. The van der Waals surface area contributed by atoms with Crippen molar-refractivity contribution in [1.82, 2.24) is 10.3 Å². The molecule has 0 saturated heterocycles. The van der Waals surface area contributed by atoms with Crippen LogP contribution in [0.4, 0.5) is 0 Å². The number of pyridine rings is 1. The number of para-hydroxylation sites is 1. The van der Waals surface area contributed by atoms with Crippen LogP contribution in [0.5, 0.6) is 11.6 Å². The van der Waals surface area contributed by atoms with Crippen LogP contribution in [0.3, 0.4) is 0 Å². The van der Waals surface area contributed by atoms with E-state index in [2.05, 4.69) is 30.2 Å². The maximum absolute atomic E-state index is 6.11. The van der Waals surface area contributed by atoms with Gasteiger partial charge in [-0.05, 0) is 36.7 Å². The maximum atomic E-state index is 6.11. The molecule has 2 aromatic rings. The monoisotopic (exact) mass is 290 g/mol. The van der Waals surface area contributed by atoms with E-state index in [4.69, 9.17) is 16.3 Å². The lowest BCUT2D eigenvalue weighted by atomic mass is 10.1. The van der Waals surface area contributed by atoms with Gasteiger partial charge in [0.2, 0.25) is 5.88 Å². The Balaban J connectivity index is 2.33. The Morgan fingerprint density at radius 3 is 2.65 bits per heavy atom. The van der Waals surface area contributed by atoms with Crippen molar-refractivity contribution in [1.29, 1.82) is 0 Å². The molecular formula is C16H19ClN2O. The van der Waals surface area contributed by atoms with Gasteiger partial charge in [-0.15, -0.1) is 0 Å².